The van der Waals surface area contributed by atoms with E-state index in [4.69, 9.17) is 21.3 Å². The van der Waals surface area contributed by atoms with Gasteiger partial charge in [-0.25, -0.2) is 4.99 Å². The maximum Gasteiger partial charge on any atom is 0.231 e. The molecule has 0 saturated carbocycles. The first-order valence-corrected chi connectivity index (χ1v) is 12.7. The number of rotatable bonds is 3. The predicted molar refractivity (Wildman–Crippen MR) is 132 cm³/mol. The lowest BCUT2D eigenvalue weighted by molar-refractivity contribution is -0.135. The SMILES string of the molecule is CC1N=C(N2CCN(C(=O)[C@@H](c3ccc(Cl)cc3)[C@@H]3COCCN3)CC2)C2=C(N1)[C@@H](O)C[C@H]2C. The van der Waals surface area contributed by atoms with Crippen LogP contribution in [0.15, 0.2) is 40.5 Å². The number of carbonyl (C=O) groups excluding carboxylic acids is 1. The van der Waals surface area contributed by atoms with Gasteiger partial charge in [-0.3, -0.25) is 4.79 Å². The summed E-state index contributed by atoms with van der Waals surface area (Å²) in [5, 5.41) is 18.0. The highest BCUT2D eigenvalue weighted by molar-refractivity contribution is 6.30. The molecule has 1 aromatic rings. The maximum atomic E-state index is 13.8. The third-order valence-corrected chi connectivity index (χ3v) is 7.60. The zero-order valence-electron chi connectivity index (χ0n) is 19.8. The van der Waals surface area contributed by atoms with Gasteiger partial charge >= 0.3 is 0 Å². The van der Waals surface area contributed by atoms with Crippen molar-refractivity contribution in [1.29, 1.82) is 0 Å². The molecule has 1 amide bonds. The minimum absolute atomic E-state index is 0.0661. The highest BCUT2D eigenvalue weighted by Crippen LogP contribution is 2.35. The number of carbonyl (C=O) groups is 1. The molecule has 5 atom stereocenters. The summed E-state index contributed by atoms with van der Waals surface area (Å²) in [5.74, 6) is 1.04. The second-order valence-electron chi connectivity index (χ2n) is 9.73. The molecule has 1 unspecified atom stereocenters. The van der Waals surface area contributed by atoms with Gasteiger partial charge in [0, 0.05) is 55.1 Å². The smallest absolute Gasteiger partial charge is 0.231 e. The number of benzene rings is 1. The van der Waals surface area contributed by atoms with Gasteiger partial charge in [-0.05, 0) is 37.0 Å². The topological polar surface area (TPSA) is 89.4 Å². The van der Waals surface area contributed by atoms with E-state index < -0.39 is 6.10 Å². The highest BCUT2D eigenvalue weighted by atomic mass is 35.5. The first kappa shape index (κ1) is 23.6. The summed E-state index contributed by atoms with van der Waals surface area (Å²) in [6.07, 6.45) is 0.201. The lowest BCUT2D eigenvalue weighted by Gasteiger charge is -2.41. The average Bonchev–Trinajstić information content (AvgIpc) is 3.13. The molecule has 9 heteroatoms. The molecular weight excluding hydrogens is 454 g/mol. The molecule has 3 N–H and O–H groups in total. The van der Waals surface area contributed by atoms with E-state index in [1.165, 1.54) is 0 Å². The molecule has 0 aromatic heterocycles. The summed E-state index contributed by atoms with van der Waals surface area (Å²) in [4.78, 5) is 22.9. The summed E-state index contributed by atoms with van der Waals surface area (Å²) in [6, 6.07) is 7.52. The number of aliphatic imine (C=N–C) groups is 1. The number of ether oxygens (including phenoxy) is 1. The molecule has 5 rings (SSSR count). The van der Waals surface area contributed by atoms with Crippen LogP contribution < -0.4 is 10.6 Å². The number of nitrogens with zero attached hydrogens (tertiary/aromatic N) is 3. The van der Waals surface area contributed by atoms with E-state index in [2.05, 4.69) is 22.5 Å². The summed E-state index contributed by atoms with van der Waals surface area (Å²) >= 11 is 6.11. The van der Waals surface area contributed by atoms with E-state index in [9.17, 15) is 9.90 Å². The molecule has 4 aliphatic rings. The Morgan fingerprint density at radius 1 is 1.21 bits per heavy atom. The third kappa shape index (κ3) is 4.56. The van der Waals surface area contributed by atoms with Crippen LogP contribution in [0, 0.1) is 5.92 Å². The van der Waals surface area contributed by atoms with E-state index in [-0.39, 0.29) is 30.0 Å². The van der Waals surface area contributed by atoms with Crippen LogP contribution in [0.5, 0.6) is 0 Å². The van der Waals surface area contributed by atoms with Crippen LogP contribution in [0.25, 0.3) is 0 Å². The van der Waals surface area contributed by atoms with Gasteiger partial charge in [0.2, 0.25) is 5.91 Å². The van der Waals surface area contributed by atoms with Crippen molar-refractivity contribution in [3.05, 3.63) is 46.1 Å². The molecule has 8 nitrogen and oxygen atoms in total. The summed E-state index contributed by atoms with van der Waals surface area (Å²) in [5.41, 5.74) is 3.02. The van der Waals surface area contributed by atoms with Crippen molar-refractivity contribution < 1.29 is 14.6 Å². The molecule has 2 fully saturated rings. The number of hydrogen-bond acceptors (Lipinski definition) is 7. The van der Waals surface area contributed by atoms with Crippen LogP contribution in [0.3, 0.4) is 0 Å². The quantitative estimate of drug-likeness (QED) is 0.599. The van der Waals surface area contributed by atoms with E-state index in [0.29, 0.717) is 31.3 Å². The van der Waals surface area contributed by atoms with Crippen molar-refractivity contribution in [2.45, 2.75) is 44.5 Å². The fourth-order valence-corrected chi connectivity index (χ4v) is 5.77. The van der Waals surface area contributed by atoms with Crippen LogP contribution in [0.1, 0.15) is 31.7 Å². The second-order valence-corrected chi connectivity index (χ2v) is 10.2. The van der Waals surface area contributed by atoms with E-state index >= 15 is 0 Å². The Labute approximate surface area is 206 Å². The van der Waals surface area contributed by atoms with Gasteiger partial charge in [0.1, 0.15) is 12.0 Å². The number of piperazine rings is 1. The second kappa shape index (κ2) is 9.85. The molecule has 3 aliphatic heterocycles. The lowest BCUT2D eigenvalue weighted by Crippen LogP contribution is -2.56. The fraction of sp³-hybridized carbons (Fsp3) is 0.600. The summed E-state index contributed by atoms with van der Waals surface area (Å²) in [7, 11) is 0. The molecule has 2 saturated heterocycles. The Morgan fingerprint density at radius 2 is 1.94 bits per heavy atom. The van der Waals surface area contributed by atoms with Gasteiger partial charge in [-0.1, -0.05) is 30.7 Å². The number of halogens is 1. The van der Waals surface area contributed by atoms with Crippen LogP contribution in [-0.4, -0.2) is 90.9 Å². The van der Waals surface area contributed by atoms with Crippen LogP contribution in [0.4, 0.5) is 0 Å². The van der Waals surface area contributed by atoms with Crippen molar-refractivity contribution in [2.24, 2.45) is 10.9 Å². The van der Waals surface area contributed by atoms with Gasteiger partial charge in [0.05, 0.1) is 25.2 Å². The Morgan fingerprint density at radius 3 is 2.62 bits per heavy atom. The number of amides is 1. The number of aliphatic hydroxyl groups excluding tert-OH is 1. The molecule has 0 bridgehead atoms. The molecule has 34 heavy (non-hydrogen) atoms. The minimum Gasteiger partial charge on any atom is -0.387 e. The van der Waals surface area contributed by atoms with E-state index in [1.807, 2.05) is 36.1 Å². The van der Waals surface area contributed by atoms with E-state index in [1.54, 1.807) is 0 Å². The molecular formula is C25H34ClN5O3. The Balaban J connectivity index is 1.31. The van der Waals surface area contributed by atoms with Crippen molar-refractivity contribution in [1.82, 2.24) is 20.4 Å². The van der Waals surface area contributed by atoms with Crippen molar-refractivity contribution in [2.75, 3.05) is 45.9 Å². The van der Waals surface area contributed by atoms with Gasteiger partial charge in [-0.2, -0.15) is 0 Å². The van der Waals surface area contributed by atoms with Gasteiger partial charge in [-0.15, -0.1) is 0 Å². The highest BCUT2D eigenvalue weighted by Gasteiger charge is 2.40. The first-order chi connectivity index (χ1) is 16.4. The Bertz CT molecular complexity index is 967. The number of morpholine rings is 1. The average molecular weight is 488 g/mol. The fourth-order valence-electron chi connectivity index (χ4n) is 5.64. The number of amidine groups is 1. The third-order valence-electron chi connectivity index (χ3n) is 7.35. The number of aliphatic hydroxyl groups is 1. The lowest BCUT2D eigenvalue weighted by atomic mass is 9.89. The zero-order valence-corrected chi connectivity index (χ0v) is 20.6. The molecule has 3 heterocycles. The molecule has 1 aromatic carbocycles. The standard InChI is InChI=1S/C25H34ClN5O3/c1-15-13-20(32)23-21(15)24(29-16(2)28-23)30-8-10-31(11-9-30)25(33)22(19-14-34-12-7-27-19)17-3-5-18(26)6-4-17/h3-6,15-16,19-20,22,27-28,32H,7-14H2,1-2H3/t15-,16?,19+,20+,22+/m1/s1. The Kier molecular flexibility index (Phi) is 6.84. The normalized spacial score (nSPS) is 30.5. The maximum absolute atomic E-state index is 13.8. The number of hydrogen-bond donors (Lipinski definition) is 3. The van der Waals surface area contributed by atoms with Crippen LogP contribution in [0.2, 0.25) is 5.02 Å². The minimum atomic E-state index is -0.453. The predicted octanol–water partition coefficient (Wildman–Crippen LogP) is 1.56. The van der Waals surface area contributed by atoms with Crippen molar-refractivity contribution >= 4 is 23.3 Å². The van der Waals surface area contributed by atoms with Crippen LogP contribution in [-0.2, 0) is 9.53 Å². The van der Waals surface area contributed by atoms with Gasteiger partial charge in [0.15, 0.2) is 0 Å². The van der Waals surface area contributed by atoms with Crippen LogP contribution >= 0.6 is 11.6 Å². The largest absolute Gasteiger partial charge is 0.387 e. The van der Waals surface area contributed by atoms with Crippen molar-refractivity contribution in [3.63, 3.8) is 0 Å². The monoisotopic (exact) mass is 487 g/mol. The molecule has 0 spiro atoms. The Hall–Kier alpha value is -2.13. The molecule has 0 radical (unpaired) electrons. The van der Waals surface area contributed by atoms with E-state index in [0.717, 1.165) is 48.7 Å². The van der Waals surface area contributed by atoms with Crippen molar-refractivity contribution in [3.8, 4) is 0 Å². The van der Waals surface area contributed by atoms with Gasteiger partial charge in [0.25, 0.3) is 0 Å². The zero-order chi connectivity index (χ0) is 23.8. The summed E-state index contributed by atoms with van der Waals surface area (Å²) in [6.45, 7) is 8.79. The first-order valence-electron chi connectivity index (χ1n) is 12.3. The molecule has 184 valence electrons. The number of nitrogens with one attached hydrogen (secondary N) is 2. The van der Waals surface area contributed by atoms with Gasteiger partial charge < -0.3 is 30.3 Å². The summed E-state index contributed by atoms with van der Waals surface area (Å²) < 4.78 is 5.70. The molecule has 1 aliphatic carbocycles.